The van der Waals surface area contributed by atoms with Crippen molar-refractivity contribution in [3.8, 4) is 0 Å². The van der Waals surface area contributed by atoms with Crippen molar-refractivity contribution in [2.75, 3.05) is 6.54 Å². The predicted octanol–water partition coefficient (Wildman–Crippen LogP) is 0.0804. The number of aromatic nitrogens is 3. The van der Waals surface area contributed by atoms with Crippen LogP contribution < -0.4 is 16.6 Å². The van der Waals surface area contributed by atoms with Gasteiger partial charge in [-0.15, -0.1) is 0 Å². The van der Waals surface area contributed by atoms with E-state index in [1.807, 2.05) is 6.92 Å². The van der Waals surface area contributed by atoms with Gasteiger partial charge in [0.2, 0.25) is 0 Å². The third-order valence-electron chi connectivity index (χ3n) is 3.32. The number of pyridine rings is 1. The molecule has 0 fully saturated rings. The maximum absolute atomic E-state index is 12.3. The molecule has 112 valence electrons. The lowest BCUT2D eigenvalue weighted by Gasteiger charge is -2.11. The SMILES string of the molecule is CCCNC(=O)c1cc(C)nc2c1c(=O)n(C)c(=O)n2C. The largest absolute Gasteiger partial charge is 0.352 e. The van der Waals surface area contributed by atoms with Crippen molar-refractivity contribution in [3.05, 3.63) is 38.2 Å². The van der Waals surface area contributed by atoms with E-state index in [4.69, 9.17) is 0 Å². The smallest absolute Gasteiger partial charge is 0.332 e. The molecule has 0 unspecified atom stereocenters. The maximum atomic E-state index is 12.3. The Morgan fingerprint density at radius 2 is 1.95 bits per heavy atom. The molecule has 0 radical (unpaired) electrons. The highest BCUT2D eigenvalue weighted by Gasteiger charge is 2.18. The molecule has 1 N–H and O–H groups in total. The van der Waals surface area contributed by atoms with Crippen molar-refractivity contribution in [3.63, 3.8) is 0 Å². The van der Waals surface area contributed by atoms with Crippen molar-refractivity contribution in [2.45, 2.75) is 20.3 Å². The Labute approximate surface area is 121 Å². The van der Waals surface area contributed by atoms with Gasteiger partial charge in [0.05, 0.1) is 10.9 Å². The van der Waals surface area contributed by atoms with Gasteiger partial charge in [0.25, 0.3) is 11.5 Å². The van der Waals surface area contributed by atoms with Gasteiger partial charge < -0.3 is 5.32 Å². The number of nitrogens with one attached hydrogen (secondary N) is 1. The highest BCUT2D eigenvalue weighted by atomic mass is 16.2. The van der Waals surface area contributed by atoms with Crippen LogP contribution in [0.1, 0.15) is 29.4 Å². The van der Waals surface area contributed by atoms with Gasteiger partial charge in [0, 0.05) is 26.3 Å². The van der Waals surface area contributed by atoms with E-state index in [2.05, 4.69) is 10.3 Å². The van der Waals surface area contributed by atoms with Gasteiger partial charge >= 0.3 is 5.69 Å². The van der Waals surface area contributed by atoms with Crippen LogP contribution >= 0.6 is 0 Å². The number of hydrogen-bond donors (Lipinski definition) is 1. The fraction of sp³-hybridized carbons (Fsp3) is 0.429. The quantitative estimate of drug-likeness (QED) is 0.867. The minimum absolute atomic E-state index is 0.166. The average molecular weight is 290 g/mol. The number of hydrogen-bond acceptors (Lipinski definition) is 4. The van der Waals surface area contributed by atoms with Crippen LogP contribution in [0.2, 0.25) is 0 Å². The Balaban J connectivity index is 2.86. The van der Waals surface area contributed by atoms with E-state index in [1.165, 1.54) is 18.7 Å². The molecule has 0 aromatic carbocycles. The van der Waals surface area contributed by atoms with E-state index < -0.39 is 11.2 Å². The highest BCUT2D eigenvalue weighted by molar-refractivity contribution is 6.05. The summed E-state index contributed by atoms with van der Waals surface area (Å²) in [7, 11) is 2.92. The van der Waals surface area contributed by atoms with E-state index in [9.17, 15) is 14.4 Å². The molecule has 0 aliphatic heterocycles. The fourth-order valence-corrected chi connectivity index (χ4v) is 2.19. The van der Waals surface area contributed by atoms with Crippen LogP contribution in [0.15, 0.2) is 15.7 Å². The van der Waals surface area contributed by atoms with Gasteiger partial charge in [-0.2, -0.15) is 0 Å². The number of nitrogens with zero attached hydrogens (tertiary/aromatic N) is 3. The summed E-state index contributed by atoms with van der Waals surface area (Å²) < 4.78 is 2.26. The van der Waals surface area contributed by atoms with Crippen molar-refractivity contribution in [1.29, 1.82) is 0 Å². The Kier molecular flexibility index (Phi) is 3.93. The maximum Gasteiger partial charge on any atom is 0.332 e. The Bertz CT molecular complexity index is 833. The van der Waals surface area contributed by atoms with Crippen molar-refractivity contribution < 1.29 is 4.79 Å². The van der Waals surface area contributed by atoms with Gasteiger partial charge in [-0.1, -0.05) is 6.92 Å². The molecule has 1 amide bonds. The number of aryl methyl sites for hydroxylation is 2. The number of carbonyl (C=O) groups is 1. The molecule has 0 bridgehead atoms. The first-order valence-corrected chi connectivity index (χ1v) is 6.74. The zero-order chi connectivity index (χ0) is 15.7. The van der Waals surface area contributed by atoms with E-state index in [-0.39, 0.29) is 22.5 Å². The lowest BCUT2D eigenvalue weighted by molar-refractivity contribution is 0.0955. The van der Waals surface area contributed by atoms with Crippen LogP contribution in [-0.2, 0) is 14.1 Å². The molecular formula is C14H18N4O3. The molecule has 2 heterocycles. The molecule has 0 saturated heterocycles. The third-order valence-corrected chi connectivity index (χ3v) is 3.32. The minimum Gasteiger partial charge on any atom is -0.352 e. The van der Waals surface area contributed by atoms with E-state index in [1.54, 1.807) is 13.0 Å². The van der Waals surface area contributed by atoms with E-state index in [0.29, 0.717) is 12.2 Å². The van der Waals surface area contributed by atoms with Crippen LogP contribution in [0.3, 0.4) is 0 Å². The lowest BCUT2D eigenvalue weighted by atomic mass is 10.1. The number of rotatable bonds is 3. The lowest BCUT2D eigenvalue weighted by Crippen LogP contribution is -2.38. The average Bonchev–Trinajstić information content (AvgIpc) is 2.47. The molecule has 0 aliphatic carbocycles. The second kappa shape index (κ2) is 5.51. The molecule has 0 saturated carbocycles. The summed E-state index contributed by atoms with van der Waals surface area (Å²) in [6.07, 6.45) is 0.796. The number of carbonyl (C=O) groups excluding carboxylic acids is 1. The molecule has 0 atom stereocenters. The third kappa shape index (κ3) is 2.46. The summed E-state index contributed by atoms with van der Waals surface area (Å²) in [6.45, 7) is 4.19. The molecular weight excluding hydrogens is 272 g/mol. The Hall–Kier alpha value is -2.44. The predicted molar refractivity (Wildman–Crippen MR) is 79.6 cm³/mol. The van der Waals surface area contributed by atoms with E-state index in [0.717, 1.165) is 11.0 Å². The summed E-state index contributed by atoms with van der Waals surface area (Å²) in [6, 6.07) is 1.57. The summed E-state index contributed by atoms with van der Waals surface area (Å²) >= 11 is 0. The number of fused-ring (bicyclic) bond motifs is 1. The van der Waals surface area contributed by atoms with E-state index >= 15 is 0 Å². The Morgan fingerprint density at radius 1 is 1.29 bits per heavy atom. The monoisotopic (exact) mass is 290 g/mol. The second-order valence-corrected chi connectivity index (χ2v) is 4.97. The molecule has 2 aromatic heterocycles. The summed E-state index contributed by atoms with van der Waals surface area (Å²) in [4.78, 5) is 40.8. The molecule has 2 aromatic rings. The molecule has 0 spiro atoms. The molecule has 7 heteroatoms. The Morgan fingerprint density at radius 3 is 2.57 bits per heavy atom. The van der Waals surface area contributed by atoms with Crippen LogP contribution in [0.5, 0.6) is 0 Å². The fourth-order valence-electron chi connectivity index (χ4n) is 2.19. The van der Waals surface area contributed by atoms with Crippen molar-refractivity contribution in [2.24, 2.45) is 14.1 Å². The summed E-state index contributed by atoms with van der Waals surface area (Å²) in [5, 5.41) is 2.91. The van der Waals surface area contributed by atoms with Crippen molar-refractivity contribution in [1.82, 2.24) is 19.4 Å². The standard InChI is InChI=1S/C14H18N4O3/c1-5-6-15-12(19)9-7-8(2)16-11-10(9)13(20)18(4)14(21)17(11)3/h7H,5-6H2,1-4H3,(H,15,19). The van der Waals surface area contributed by atoms with Gasteiger partial charge in [-0.25, -0.2) is 9.78 Å². The zero-order valence-electron chi connectivity index (χ0n) is 12.6. The molecule has 2 rings (SSSR count). The number of amides is 1. The van der Waals surface area contributed by atoms with Crippen molar-refractivity contribution >= 4 is 16.9 Å². The molecule has 21 heavy (non-hydrogen) atoms. The van der Waals surface area contributed by atoms with Crippen LogP contribution in [0.25, 0.3) is 11.0 Å². The summed E-state index contributed by atoms with van der Waals surface area (Å²) in [5.74, 6) is -0.330. The minimum atomic E-state index is -0.512. The van der Waals surface area contributed by atoms with Gasteiger partial charge in [-0.05, 0) is 19.4 Å². The zero-order valence-corrected chi connectivity index (χ0v) is 12.6. The molecule has 0 aliphatic rings. The highest BCUT2D eigenvalue weighted by Crippen LogP contribution is 2.13. The van der Waals surface area contributed by atoms with Gasteiger partial charge in [-0.3, -0.25) is 18.7 Å². The molecule has 7 nitrogen and oxygen atoms in total. The van der Waals surface area contributed by atoms with Crippen LogP contribution in [-0.4, -0.2) is 26.6 Å². The normalized spacial score (nSPS) is 10.9. The first kappa shape index (κ1) is 15.0. The summed E-state index contributed by atoms with van der Waals surface area (Å²) in [5.41, 5.74) is 0.0760. The van der Waals surface area contributed by atoms with Crippen LogP contribution in [0.4, 0.5) is 0 Å². The van der Waals surface area contributed by atoms with Gasteiger partial charge in [0.1, 0.15) is 5.65 Å². The first-order valence-electron chi connectivity index (χ1n) is 6.74. The second-order valence-electron chi connectivity index (χ2n) is 4.97. The van der Waals surface area contributed by atoms with Crippen LogP contribution in [0, 0.1) is 6.92 Å². The topological polar surface area (TPSA) is 86.0 Å². The van der Waals surface area contributed by atoms with Gasteiger partial charge in [0.15, 0.2) is 0 Å². The first-order chi connectivity index (χ1) is 9.88.